The maximum absolute atomic E-state index is 11.5. The van der Waals surface area contributed by atoms with Crippen LogP contribution in [0.1, 0.15) is 22.3 Å². The van der Waals surface area contributed by atoms with Crippen LogP contribution in [0.3, 0.4) is 0 Å². The van der Waals surface area contributed by atoms with E-state index in [1.54, 1.807) is 12.2 Å². The molecular formula is C21H13BrO. The van der Waals surface area contributed by atoms with Gasteiger partial charge in [0.25, 0.3) is 0 Å². The highest BCUT2D eigenvalue weighted by atomic mass is 79.9. The van der Waals surface area contributed by atoms with Crippen molar-refractivity contribution >= 4 is 37.8 Å². The topological polar surface area (TPSA) is 17.1 Å². The summed E-state index contributed by atoms with van der Waals surface area (Å²) in [6, 6.07) is 16.7. The van der Waals surface area contributed by atoms with Gasteiger partial charge < -0.3 is 0 Å². The van der Waals surface area contributed by atoms with E-state index in [2.05, 4.69) is 58.4 Å². The van der Waals surface area contributed by atoms with Gasteiger partial charge >= 0.3 is 0 Å². The summed E-state index contributed by atoms with van der Waals surface area (Å²) in [7, 11) is 0. The van der Waals surface area contributed by atoms with Crippen molar-refractivity contribution in [1.82, 2.24) is 0 Å². The summed E-state index contributed by atoms with van der Waals surface area (Å²) in [5.74, 6) is 0.0313. The largest absolute Gasteiger partial charge is 0.290 e. The first-order valence-corrected chi connectivity index (χ1v) is 8.24. The highest BCUT2D eigenvalue weighted by Crippen LogP contribution is 2.41. The molecule has 0 atom stereocenters. The molecule has 2 heteroatoms. The summed E-state index contributed by atoms with van der Waals surface area (Å²) in [5, 5.41) is 0. The van der Waals surface area contributed by atoms with E-state index in [0.717, 1.165) is 26.8 Å². The first-order chi connectivity index (χ1) is 11.2. The molecule has 0 bridgehead atoms. The van der Waals surface area contributed by atoms with Gasteiger partial charge in [0.2, 0.25) is 0 Å². The SMILES string of the molecule is O=C1C=CC(=C2c3ccccc3C=C(Br)c3ccccc32)C=C1. The monoisotopic (exact) mass is 360 g/mol. The Morgan fingerprint density at radius 3 is 2.04 bits per heavy atom. The van der Waals surface area contributed by atoms with Crippen molar-refractivity contribution in [2.75, 3.05) is 0 Å². The third-order valence-electron chi connectivity index (χ3n) is 4.11. The summed E-state index contributed by atoms with van der Waals surface area (Å²) in [6.07, 6.45) is 9.22. The molecule has 0 aliphatic heterocycles. The average molecular weight is 361 g/mol. The third-order valence-corrected chi connectivity index (χ3v) is 4.77. The second kappa shape index (κ2) is 5.64. The Morgan fingerprint density at radius 1 is 0.696 bits per heavy atom. The number of carbonyl (C=O) groups is 1. The molecule has 0 saturated heterocycles. The van der Waals surface area contributed by atoms with Crippen LogP contribution in [0.2, 0.25) is 0 Å². The smallest absolute Gasteiger partial charge is 0.178 e. The molecule has 0 spiro atoms. The van der Waals surface area contributed by atoms with Gasteiger partial charge in [-0.3, -0.25) is 4.79 Å². The van der Waals surface area contributed by atoms with E-state index in [-0.39, 0.29) is 5.78 Å². The molecule has 110 valence electrons. The standard InChI is InChI=1S/C21H13BrO/c22-20-13-15-5-1-2-6-17(15)21(14-9-11-16(23)12-10-14)19-8-4-3-7-18(19)20/h1-13H. The van der Waals surface area contributed by atoms with E-state index in [4.69, 9.17) is 0 Å². The molecule has 2 aromatic carbocycles. The van der Waals surface area contributed by atoms with Crippen LogP contribution in [0.5, 0.6) is 0 Å². The number of fused-ring (bicyclic) bond motifs is 2. The average Bonchev–Trinajstić information content (AvgIpc) is 2.70. The zero-order valence-corrected chi connectivity index (χ0v) is 13.9. The van der Waals surface area contributed by atoms with Crippen LogP contribution in [0.25, 0.3) is 16.1 Å². The van der Waals surface area contributed by atoms with Crippen LogP contribution in [0.15, 0.2) is 78.4 Å². The van der Waals surface area contributed by atoms with Gasteiger partial charge in [-0.25, -0.2) is 0 Å². The van der Waals surface area contributed by atoms with Crippen molar-refractivity contribution in [2.45, 2.75) is 0 Å². The van der Waals surface area contributed by atoms with Crippen LogP contribution in [0.4, 0.5) is 0 Å². The second-order valence-electron chi connectivity index (χ2n) is 5.52. The number of ketones is 1. The van der Waals surface area contributed by atoms with Gasteiger partial charge in [-0.2, -0.15) is 0 Å². The van der Waals surface area contributed by atoms with Crippen molar-refractivity contribution in [3.8, 4) is 0 Å². The zero-order valence-electron chi connectivity index (χ0n) is 12.3. The van der Waals surface area contributed by atoms with Gasteiger partial charge in [0, 0.05) is 4.48 Å². The molecule has 0 fully saturated rings. The highest BCUT2D eigenvalue weighted by Gasteiger charge is 2.20. The molecule has 0 aromatic heterocycles. The van der Waals surface area contributed by atoms with Gasteiger partial charge in [0.05, 0.1) is 0 Å². The Labute approximate surface area is 143 Å². The summed E-state index contributed by atoms with van der Waals surface area (Å²) < 4.78 is 1.07. The maximum atomic E-state index is 11.5. The predicted octanol–water partition coefficient (Wildman–Crippen LogP) is 5.39. The first-order valence-electron chi connectivity index (χ1n) is 7.45. The molecular weight excluding hydrogens is 348 g/mol. The second-order valence-corrected chi connectivity index (χ2v) is 6.38. The molecule has 0 saturated carbocycles. The molecule has 0 amide bonds. The Morgan fingerprint density at radius 2 is 1.30 bits per heavy atom. The molecule has 2 aliphatic carbocycles. The van der Waals surface area contributed by atoms with E-state index in [1.165, 1.54) is 11.1 Å². The summed E-state index contributed by atoms with van der Waals surface area (Å²) >= 11 is 3.72. The van der Waals surface area contributed by atoms with Crippen LogP contribution in [-0.4, -0.2) is 5.78 Å². The molecule has 0 unspecified atom stereocenters. The number of carbonyl (C=O) groups excluding carboxylic acids is 1. The number of benzene rings is 2. The quantitative estimate of drug-likeness (QED) is 0.615. The van der Waals surface area contributed by atoms with Crippen molar-refractivity contribution in [3.05, 3.63) is 101 Å². The van der Waals surface area contributed by atoms with Crippen molar-refractivity contribution in [3.63, 3.8) is 0 Å². The van der Waals surface area contributed by atoms with Gasteiger partial charge in [-0.05, 0) is 51.6 Å². The zero-order chi connectivity index (χ0) is 15.8. The van der Waals surface area contributed by atoms with Crippen molar-refractivity contribution < 1.29 is 4.79 Å². The molecule has 4 rings (SSSR count). The highest BCUT2D eigenvalue weighted by molar-refractivity contribution is 9.15. The Bertz CT molecular complexity index is 924. The molecule has 1 nitrogen and oxygen atoms in total. The fraction of sp³-hybridized carbons (Fsp3) is 0. The Balaban J connectivity index is 2.10. The predicted molar refractivity (Wildman–Crippen MR) is 99.0 cm³/mol. The lowest BCUT2D eigenvalue weighted by Crippen LogP contribution is -1.99. The number of hydrogen-bond acceptors (Lipinski definition) is 1. The van der Waals surface area contributed by atoms with Gasteiger partial charge in [-0.15, -0.1) is 0 Å². The lowest BCUT2D eigenvalue weighted by atomic mass is 9.88. The fourth-order valence-corrected chi connectivity index (χ4v) is 3.64. The number of rotatable bonds is 0. The lowest BCUT2D eigenvalue weighted by Gasteiger charge is -2.15. The third kappa shape index (κ3) is 2.45. The molecule has 23 heavy (non-hydrogen) atoms. The minimum atomic E-state index is 0.0313. The number of hydrogen-bond donors (Lipinski definition) is 0. The van der Waals surface area contributed by atoms with Gasteiger partial charge in [0.15, 0.2) is 5.78 Å². The van der Waals surface area contributed by atoms with Crippen molar-refractivity contribution in [2.24, 2.45) is 0 Å². The lowest BCUT2D eigenvalue weighted by molar-refractivity contribution is -0.110. The van der Waals surface area contributed by atoms with E-state index in [1.807, 2.05) is 24.3 Å². The Kier molecular flexibility index (Phi) is 3.47. The van der Waals surface area contributed by atoms with Crippen LogP contribution < -0.4 is 0 Å². The van der Waals surface area contributed by atoms with Crippen molar-refractivity contribution in [1.29, 1.82) is 0 Å². The van der Waals surface area contributed by atoms with Gasteiger partial charge in [0.1, 0.15) is 0 Å². The minimum absolute atomic E-state index is 0.0313. The maximum Gasteiger partial charge on any atom is 0.178 e. The molecule has 0 heterocycles. The summed E-state index contributed by atoms with van der Waals surface area (Å²) in [4.78, 5) is 11.5. The normalized spacial score (nSPS) is 15.9. The van der Waals surface area contributed by atoms with E-state index in [0.29, 0.717) is 0 Å². The molecule has 2 aliphatic rings. The van der Waals surface area contributed by atoms with E-state index < -0.39 is 0 Å². The van der Waals surface area contributed by atoms with Gasteiger partial charge in [-0.1, -0.05) is 76.6 Å². The van der Waals surface area contributed by atoms with Crippen LogP contribution >= 0.6 is 15.9 Å². The number of halogens is 1. The summed E-state index contributed by atoms with van der Waals surface area (Å²) in [5.41, 5.74) is 6.87. The minimum Gasteiger partial charge on any atom is -0.290 e. The molecule has 2 aromatic rings. The van der Waals surface area contributed by atoms with E-state index >= 15 is 0 Å². The fourth-order valence-electron chi connectivity index (χ4n) is 3.05. The number of allylic oxidation sites excluding steroid dienone is 5. The van der Waals surface area contributed by atoms with E-state index in [9.17, 15) is 4.79 Å². The van der Waals surface area contributed by atoms with Crippen LogP contribution in [0, 0.1) is 0 Å². The molecule has 0 radical (unpaired) electrons. The van der Waals surface area contributed by atoms with Crippen LogP contribution in [-0.2, 0) is 4.79 Å². The summed E-state index contributed by atoms with van der Waals surface area (Å²) in [6.45, 7) is 0. The first kappa shape index (κ1) is 14.2. The Hall–Kier alpha value is -2.45. The molecule has 0 N–H and O–H groups in total.